The van der Waals surface area contributed by atoms with Gasteiger partial charge in [0.15, 0.2) is 5.13 Å². The third-order valence-electron chi connectivity index (χ3n) is 2.57. The molecule has 3 N–H and O–H groups in total. The van der Waals surface area contributed by atoms with Crippen molar-refractivity contribution in [1.29, 1.82) is 0 Å². The van der Waals surface area contributed by atoms with Crippen LogP contribution in [-0.4, -0.2) is 37.6 Å². The van der Waals surface area contributed by atoms with Gasteiger partial charge in [0.05, 0.1) is 9.58 Å². The van der Waals surface area contributed by atoms with Gasteiger partial charge in [-0.15, -0.1) is 36.2 Å². The highest BCUT2D eigenvalue weighted by atomic mass is 35.5. The molecule has 0 aliphatic carbocycles. The van der Waals surface area contributed by atoms with Crippen LogP contribution in [0.2, 0.25) is 0 Å². The van der Waals surface area contributed by atoms with Crippen LogP contribution in [0.25, 0.3) is 9.53 Å². The van der Waals surface area contributed by atoms with Gasteiger partial charge in [0.25, 0.3) is 5.91 Å². The van der Waals surface area contributed by atoms with Crippen LogP contribution in [0.1, 0.15) is 23.0 Å². The van der Waals surface area contributed by atoms with E-state index in [9.17, 15) is 4.79 Å². The molecule has 0 aliphatic rings. The Morgan fingerprint density at radius 1 is 1.43 bits per heavy atom. The maximum absolute atomic E-state index is 11.9. The van der Waals surface area contributed by atoms with Crippen LogP contribution in [0, 0.1) is 0 Å². The number of rotatable bonds is 5. The molecule has 0 saturated carbocycles. The van der Waals surface area contributed by atoms with Gasteiger partial charge in [0.1, 0.15) is 4.83 Å². The lowest BCUT2D eigenvalue weighted by Crippen LogP contribution is -2.28. The van der Waals surface area contributed by atoms with Crippen molar-refractivity contribution >= 4 is 68.1 Å². The normalized spacial score (nSPS) is 11.4. The molecule has 2 aromatic rings. The van der Waals surface area contributed by atoms with E-state index in [0.29, 0.717) is 11.4 Å². The number of carbonyl (C=O) groups excluding carboxylic acids is 1. The summed E-state index contributed by atoms with van der Waals surface area (Å²) in [5, 5.41) is 3.84. The van der Waals surface area contributed by atoms with Gasteiger partial charge in [0.2, 0.25) is 0 Å². The van der Waals surface area contributed by atoms with Crippen molar-refractivity contribution in [3.63, 3.8) is 0 Å². The largest absolute Gasteiger partial charge is 0.354 e. The Labute approximate surface area is 144 Å². The van der Waals surface area contributed by atoms with E-state index in [1.165, 1.54) is 11.3 Å². The molecule has 1 unspecified atom stereocenters. The Bertz CT molecular complexity index is 551. The number of nitrogens with zero attached hydrogens (tertiary/aromatic N) is 2. The van der Waals surface area contributed by atoms with Gasteiger partial charge in [-0.3, -0.25) is 4.79 Å². The number of thiazole rings is 1. The molecule has 5 nitrogen and oxygen atoms in total. The third kappa shape index (κ3) is 5.27. The monoisotopic (exact) mass is 370 g/mol. The van der Waals surface area contributed by atoms with E-state index in [1.54, 1.807) is 11.3 Å². The maximum atomic E-state index is 11.9. The minimum absolute atomic E-state index is 0. The summed E-state index contributed by atoms with van der Waals surface area (Å²) in [5.74, 6) is -0.0396. The van der Waals surface area contributed by atoms with Gasteiger partial charge >= 0.3 is 0 Å². The van der Waals surface area contributed by atoms with Gasteiger partial charge in [0, 0.05) is 26.7 Å². The molecule has 0 radical (unpaired) electrons. The van der Waals surface area contributed by atoms with Crippen molar-refractivity contribution in [1.82, 2.24) is 10.3 Å². The van der Waals surface area contributed by atoms with Gasteiger partial charge in [-0.2, -0.15) is 0 Å². The number of carbonyl (C=O) groups is 1. The molecule has 0 spiro atoms. The highest BCUT2D eigenvalue weighted by Crippen LogP contribution is 2.33. The Kier molecular flexibility index (Phi) is 8.50. The van der Waals surface area contributed by atoms with E-state index in [2.05, 4.69) is 10.3 Å². The summed E-state index contributed by atoms with van der Waals surface area (Å²) in [6.45, 7) is 2.54. The van der Waals surface area contributed by atoms with Crippen LogP contribution in [0.3, 0.4) is 0 Å². The second-order valence-corrected chi connectivity index (χ2v) is 6.73. The molecule has 1 amide bonds. The van der Waals surface area contributed by atoms with E-state index in [1.807, 2.05) is 32.0 Å². The highest BCUT2D eigenvalue weighted by molar-refractivity contribution is 7.29. The minimum Gasteiger partial charge on any atom is -0.354 e. The standard InChI is InChI=1S/C12H18N4OS2.2ClH/c1-7(13)4-5-14-10(17)8-6-9-11(18-8)15-12(19-9)16(2)3;;/h6-7H,4-5,13H2,1-3H3,(H,14,17);2*1H. The molecule has 0 saturated heterocycles. The minimum atomic E-state index is -0.0396. The van der Waals surface area contributed by atoms with Crippen molar-refractivity contribution in [3.8, 4) is 0 Å². The second kappa shape index (κ2) is 8.75. The van der Waals surface area contributed by atoms with E-state index >= 15 is 0 Å². The van der Waals surface area contributed by atoms with Crippen LogP contribution in [0.5, 0.6) is 0 Å². The fourth-order valence-electron chi connectivity index (χ4n) is 1.53. The number of anilines is 1. The highest BCUT2D eigenvalue weighted by Gasteiger charge is 2.14. The first kappa shape index (κ1) is 20.4. The predicted molar refractivity (Wildman–Crippen MR) is 96.9 cm³/mol. The van der Waals surface area contributed by atoms with Crippen LogP contribution in [0.4, 0.5) is 5.13 Å². The third-order valence-corrected chi connectivity index (χ3v) is 4.90. The number of thiophene rings is 1. The molecule has 2 rings (SSSR count). The van der Waals surface area contributed by atoms with Crippen molar-refractivity contribution in [3.05, 3.63) is 10.9 Å². The Balaban J connectivity index is 0.00000200. The summed E-state index contributed by atoms with van der Waals surface area (Å²) in [5.41, 5.74) is 5.65. The molecule has 120 valence electrons. The number of fused-ring (bicyclic) bond motifs is 1. The molecular weight excluding hydrogens is 351 g/mol. The maximum Gasteiger partial charge on any atom is 0.261 e. The molecule has 0 bridgehead atoms. The van der Waals surface area contributed by atoms with Gasteiger partial charge < -0.3 is 16.0 Å². The van der Waals surface area contributed by atoms with Crippen LogP contribution < -0.4 is 16.0 Å². The second-order valence-electron chi connectivity index (χ2n) is 4.69. The molecule has 1 atom stereocenters. The van der Waals surface area contributed by atoms with Crippen molar-refractivity contribution in [2.75, 3.05) is 25.5 Å². The van der Waals surface area contributed by atoms with Crippen LogP contribution in [0.15, 0.2) is 6.07 Å². The number of hydrogen-bond acceptors (Lipinski definition) is 6. The average molecular weight is 371 g/mol. The first-order valence-corrected chi connectivity index (χ1v) is 7.72. The van der Waals surface area contributed by atoms with E-state index in [4.69, 9.17) is 5.73 Å². The molecule has 0 aliphatic heterocycles. The smallest absolute Gasteiger partial charge is 0.261 e. The summed E-state index contributed by atoms with van der Waals surface area (Å²) in [4.78, 5) is 20.0. The lowest BCUT2D eigenvalue weighted by atomic mass is 10.2. The molecular formula is C12H20Cl2N4OS2. The van der Waals surface area contributed by atoms with Crippen molar-refractivity contribution in [2.45, 2.75) is 19.4 Å². The zero-order chi connectivity index (χ0) is 14.0. The Hall–Kier alpha value is -0.600. The molecule has 0 fully saturated rings. The summed E-state index contributed by atoms with van der Waals surface area (Å²) in [6, 6.07) is 2.02. The lowest BCUT2D eigenvalue weighted by Gasteiger charge is -2.06. The topological polar surface area (TPSA) is 71.2 Å². The first-order valence-electron chi connectivity index (χ1n) is 6.09. The fraction of sp³-hybridized carbons (Fsp3) is 0.500. The van der Waals surface area contributed by atoms with Crippen LogP contribution in [-0.2, 0) is 0 Å². The van der Waals surface area contributed by atoms with E-state index in [0.717, 1.165) is 21.1 Å². The molecule has 9 heteroatoms. The zero-order valence-electron chi connectivity index (χ0n) is 12.1. The van der Waals surface area contributed by atoms with Crippen molar-refractivity contribution < 1.29 is 4.79 Å². The first-order chi connectivity index (χ1) is 8.97. The zero-order valence-corrected chi connectivity index (χ0v) is 15.3. The summed E-state index contributed by atoms with van der Waals surface area (Å²) >= 11 is 3.03. The van der Waals surface area contributed by atoms with E-state index < -0.39 is 0 Å². The fourth-order valence-corrected chi connectivity index (χ4v) is 3.58. The molecule has 0 aromatic carbocycles. The van der Waals surface area contributed by atoms with E-state index in [-0.39, 0.29) is 36.8 Å². The SMILES string of the molecule is CC(N)CCNC(=O)c1cc2sc(N(C)C)nc2s1.Cl.Cl. The van der Waals surface area contributed by atoms with Gasteiger partial charge in [-0.1, -0.05) is 11.3 Å². The predicted octanol–water partition coefficient (Wildman–Crippen LogP) is 2.73. The van der Waals surface area contributed by atoms with Crippen LogP contribution >= 0.6 is 47.5 Å². The number of nitrogens with one attached hydrogen (secondary N) is 1. The van der Waals surface area contributed by atoms with Crippen molar-refractivity contribution in [2.24, 2.45) is 5.73 Å². The summed E-state index contributed by atoms with van der Waals surface area (Å²) in [7, 11) is 3.92. The average Bonchev–Trinajstić information content (AvgIpc) is 2.85. The molecule has 2 aromatic heterocycles. The molecule has 2 heterocycles. The van der Waals surface area contributed by atoms with Gasteiger partial charge in [-0.05, 0) is 19.4 Å². The summed E-state index contributed by atoms with van der Waals surface area (Å²) in [6.07, 6.45) is 0.786. The number of nitrogens with two attached hydrogens (primary N) is 1. The Morgan fingerprint density at radius 2 is 2.10 bits per heavy atom. The molecule has 21 heavy (non-hydrogen) atoms. The number of hydrogen-bond donors (Lipinski definition) is 2. The number of amides is 1. The van der Waals surface area contributed by atoms with Gasteiger partial charge in [-0.25, -0.2) is 4.98 Å². The lowest BCUT2D eigenvalue weighted by molar-refractivity contribution is 0.0957. The Morgan fingerprint density at radius 3 is 2.62 bits per heavy atom. The quantitative estimate of drug-likeness (QED) is 0.848. The number of halogens is 2. The number of aromatic nitrogens is 1. The summed E-state index contributed by atoms with van der Waals surface area (Å²) < 4.78 is 1.06.